The number of benzene rings is 1. The minimum atomic E-state index is -0.782. The molecule has 5 heteroatoms. The summed E-state index contributed by atoms with van der Waals surface area (Å²) in [5.41, 5.74) is 0. The molecule has 0 atom stereocenters. The van der Waals surface area contributed by atoms with Crippen molar-refractivity contribution in [2.75, 3.05) is 25.4 Å². The molecule has 100 valence electrons. The Hall–Kier alpha value is -1.07. The van der Waals surface area contributed by atoms with Crippen LogP contribution < -0.4 is 0 Å². The number of hydrogen-bond acceptors (Lipinski definition) is 3. The molecule has 1 aromatic carbocycles. The topological polar surface area (TPSA) is 40.5 Å². The van der Waals surface area contributed by atoms with Gasteiger partial charge in [0.15, 0.2) is 0 Å². The largest absolute Gasteiger partial charge is 0.481 e. The van der Waals surface area contributed by atoms with Crippen molar-refractivity contribution in [3.05, 3.63) is 30.1 Å². The molecule has 0 radical (unpaired) electrons. The third kappa shape index (κ3) is 5.51. The molecule has 0 bridgehead atoms. The molecule has 18 heavy (non-hydrogen) atoms. The van der Waals surface area contributed by atoms with E-state index in [2.05, 4.69) is 4.90 Å². The number of hydrogen-bond donors (Lipinski definition) is 1. The lowest BCUT2D eigenvalue weighted by Crippen LogP contribution is -2.28. The van der Waals surface area contributed by atoms with Gasteiger partial charge in [0, 0.05) is 23.7 Å². The Bertz CT molecular complexity index is 387. The highest BCUT2D eigenvalue weighted by Gasteiger charge is 2.06. The summed E-state index contributed by atoms with van der Waals surface area (Å²) in [6.07, 6.45) is 0.151. The second kappa shape index (κ2) is 8.11. The van der Waals surface area contributed by atoms with Crippen LogP contribution >= 0.6 is 11.8 Å². The minimum absolute atomic E-state index is 0.151. The Kier molecular flexibility index (Phi) is 6.75. The molecule has 0 unspecified atom stereocenters. The smallest absolute Gasteiger partial charge is 0.304 e. The first-order valence-electron chi connectivity index (χ1n) is 5.95. The molecule has 0 saturated heterocycles. The van der Waals surface area contributed by atoms with Crippen LogP contribution in [0, 0.1) is 5.82 Å². The summed E-state index contributed by atoms with van der Waals surface area (Å²) < 4.78 is 13.3. The molecule has 0 saturated carbocycles. The Balaban J connectivity index is 2.31. The van der Waals surface area contributed by atoms with Gasteiger partial charge in [0.2, 0.25) is 0 Å². The Morgan fingerprint density at radius 1 is 1.39 bits per heavy atom. The number of carboxylic acid groups (broad SMARTS) is 1. The van der Waals surface area contributed by atoms with Crippen LogP contribution in [0.4, 0.5) is 4.39 Å². The van der Waals surface area contributed by atoms with Crippen molar-refractivity contribution in [3.8, 4) is 0 Å². The molecule has 1 aromatic rings. The summed E-state index contributed by atoms with van der Waals surface area (Å²) in [7, 11) is 0. The van der Waals surface area contributed by atoms with Crippen molar-refractivity contribution in [3.63, 3.8) is 0 Å². The van der Waals surface area contributed by atoms with E-state index in [1.54, 1.807) is 12.1 Å². The number of rotatable bonds is 8. The zero-order valence-electron chi connectivity index (χ0n) is 10.4. The number of nitrogens with zero attached hydrogens (tertiary/aromatic N) is 1. The van der Waals surface area contributed by atoms with Crippen LogP contribution in [0.15, 0.2) is 29.2 Å². The minimum Gasteiger partial charge on any atom is -0.481 e. The number of carbonyl (C=O) groups is 1. The average molecular weight is 271 g/mol. The van der Waals surface area contributed by atoms with Crippen LogP contribution in [0.5, 0.6) is 0 Å². The lowest BCUT2D eigenvalue weighted by Gasteiger charge is -2.18. The molecule has 0 heterocycles. The van der Waals surface area contributed by atoms with Crippen molar-refractivity contribution in [2.24, 2.45) is 0 Å². The molecule has 0 spiro atoms. The number of thioether (sulfide) groups is 1. The predicted molar refractivity (Wildman–Crippen MR) is 71.5 cm³/mol. The second-order valence-corrected chi connectivity index (χ2v) is 4.99. The molecule has 3 nitrogen and oxygen atoms in total. The predicted octanol–water partition coefficient (Wildman–Crippen LogP) is 2.71. The normalized spacial score (nSPS) is 10.8. The first-order chi connectivity index (χ1) is 8.63. The fourth-order valence-electron chi connectivity index (χ4n) is 1.53. The van der Waals surface area contributed by atoms with Crippen molar-refractivity contribution in [1.82, 2.24) is 4.90 Å². The summed E-state index contributed by atoms with van der Waals surface area (Å²) in [5, 5.41) is 8.62. The van der Waals surface area contributed by atoms with Gasteiger partial charge in [0.05, 0.1) is 6.42 Å². The number of halogens is 1. The zero-order chi connectivity index (χ0) is 13.4. The maximum Gasteiger partial charge on any atom is 0.304 e. The Morgan fingerprint density at radius 3 is 2.72 bits per heavy atom. The summed E-state index contributed by atoms with van der Waals surface area (Å²) in [6, 6.07) is 6.69. The quantitative estimate of drug-likeness (QED) is 0.738. The van der Waals surface area contributed by atoms with Crippen molar-refractivity contribution >= 4 is 17.7 Å². The van der Waals surface area contributed by atoms with E-state index < -0.39 is 5.97 Å². The van der Waals surface area contributed by atoms with E-state index in [4.69, 9.17) is 5.11 Å². The van der Waals surface area contributed by atoms with Gasteiger partial charge in [-0.2, -0.15) is 0 Å². The molecule has 1 N–H and O–H groups in total. The van der Waals surface area contributed by atoms with E-state index in [1.165, 1.54) is 17.8 Å². The molecule has 0 fully saturated rings. The lowest BCUT2D eigenvalue weighted by atomic mass is 10.3. The fourth-order valence-corrected chi connectivity index (χ4v) is 2.48. The van der Waals surface area contributed by atoms with Gasteiger partial charge in [-0.3, -0.25) is 4.79 Å². The first-order valence-corrected chi connectivity index (χ1v) is 6.93. The molecular weight excluding hydrogens is 253 g/mol. The van der Waals surface area contributed by atoms with Gasteiger partial charge in [-0.15, -0.1) is 11.8 Å². The SMILES string of the molecule is CCN(CCSc1ccccc1F)CCC(=O)O. The lowest BCUT2D eigenvalue weighted by molar-refractivity contribution is -0.137. The Morgan fingerprint density at radius 2 is 2.11 bits per heavy atom. The molecule has 0 amide bonds. The molecule has 0 aliphatic heterocycles. The molecule has 0 aromatic heterocycles. The highest BCUT2D eigenvalue weighted by Crippen LogP contribution is 2.20. The van der Waals surface area contributed by atoms with E-state index in [1.807, 2.05) is 13.0 Å². The van der Waals surface area contributed by atoms with E-state index >= 15 is 0 Å². The van der Waals surface area contributed by atoms with E-state index in [0.29, 0.717) is 11.4 Å². The van der Waals surface area contributed by atoms with Gasteiger partial charge >= 0.3 is 5.97 Å². The molecular formula is C13H18FNO2S. The first kappa shape index (κ1) is 15.0. The van der Waals surface area contributed by atoms with Gasteiger partial charge in [0.25, 0.3) is 0 Å². The third-order valence-electron chi connectivity index (χ3n) is 2.59. The summed E-state index contributed by atoms with van der Waals surface area (Å²) >= 11 is 1.46. The van der Waals surface area contributed by atoms with Gasteiger partial charge in [-0.1, -0.05) is 19.1 Å². The monoisotopic (exact) mass is 271 g/mol. The molecule has 0 aliphatic carbocycles. The molecule has 0 aliphatic rings. The van der Waals surface area contributed by atoms with Crippen molar-refractivity contribution in [1.29, 1.82) is 0 Å². The van der Waals surface area contributed by atoms with Gasteiger partial charge in [-0.25, -0.2) is 4.39 Å². The maximum absolute atomic E-state index is 13.3. The second-order valence-electron chi connectivity index (χ2n) is 3.86. The number of aliphatic carboxylic acids is 1. The third-order valence-corrected chi connectivity index (χ3v) is 3.62. The van der Waals surface area contributed by atoms with Gasteiger partial charge in [-0.05, 0) is 18.7 Å². The van der Waals surface area contributed by atoms with Crippen LogP contribution in [0.1, 0.15) is 13.3 Å². The molecule has 1 rings (SSSR count). The summed E-state index contributed by atoms with van der Waals surface area (Å²) in [5.74, 6) is -0.222. The van der Waals surface area contributed by atoms with Gasteiger partial charge in [0.1, 0.15) is 5.82 Å². The van der Waals surface area contributed by atoms with Crippen molar-refractivity contribution < 1.29 is 14.3 Å². The maximum atomic E-state index is 13.3. The zero-order valence-corrected chi connectivity index (χ0v) is 11.3. The van der Waals surface area contributed by atoms with Gasteiger partial charge < -0.3 is 10.0 Å². The summed E-state index contributed by atoms with van der Waals surface area (Å²) in [4.78, 5) is 13.2. The van der Waals surface area contributed by atoms with Crippen LogP contribution in [0.3, 0.4) is 0 Å². The van der Waals surface area contributed by atoms with Crippen molar-refractivity contribution in [2.45, 2.75) is 18.2 Å². The summed E-state index contributed by atoms with van der Waals surface area (Å²) in [6.45, 7) is 4.12. The fraction of sp³-hybridized carbons (Fsp3) is 0.462. The average Bonchev–Trinajstić information content (AvgIpc) is 2.35. The highest BCUT2D eigenvalue weighted by molar-refractivity contribution is 7.99. The van der Waals surface area contributed by atoms with E-state index in [0.717, 1.165) is 18.8 Å². The Labute approximate surface area is 111 Å². The van der Waals surface area contributed by atoms with Crippen LogP contribution in [-0.2, 0) is 4.79 Å². The van der Waals surface area contributed by atoms with Crippen LogP contribution in [0.25, 0.3) is 0 Å². The highest BCUT2D eigenvalue weighted by atomic mass is 32.2. The van der Waals surface area contributed by atoms with E-state index in [9.17, 15) is 9.18 Å². The van der Waals surface area contributed by atoms with Crippen LogP contribution in [-0.4, -0.2) is 41.4 Å². The van der Waals surface area contributed by atoms with E-state index in [-0.39, 0.29) is 12.2 Å². The standard InChI is InChI=1S/C13H18FNO2S/c1-2-15(8-7-13(16)17)9-10-18-12-6-4-3-5-11(12)14/h3-6H,2,7-10H2,1H3,(H,16,17). The van der Waals surface area contributed by atoms with Crippen LogP contribution in [0.2, 0.25) is 0 Å². The number of carboxylic acids is 1.